The minimum Gasteiger partial charge on any atom is -0.507 e. The maximum Gasteiger partial charge on any atom is 0.228 e. The molecule has 15 nitrogen and oxygen atoms in total. The van der Waals surface area contributed by atoms with E-state index in [4.69, 9.17) is 25.2 Å². The van der Waals surface area contributed by atoms with E-state index in [9.17, 15) is 25.2 Å². The fourth-order valence-corrected chi connectivity index (χ4v) is 20.6. The predicted molar refractivity (Wildman–Crippen MR) is 654 cm³/mol. The average Bonchev–Trinajstić information content (AvgIpc) is 0.819. The van der Waals surface area contributed by atoms with Crippen LogP contribution in [0, 0.1) is 76.2 Å². The Hall–Kier alpha value is -6.90. The molecule has 11 rings (SSSR count). The number of nitrogens with zero attached hydrogens (tertiary/aromatic N) is 10. The number of phenolic OH excluding ortho intramolecular Hbond substituents is 4. The molecule has 4 atom stereocenters. The molecule has 5 aromatic heterocycles. The molecule has 0 spiro atoms. The molecule has 146 heavy (non-hydrogen) atoms. The first-order chi connectivity index (χ1) is 66.0. The van der Waals surface area contributed by atoms with Crippen LogP contribution in [0.4, 0.5) is 0 Å². The van der Waals surface area contributed by atoms with Gasteiger partial charge in [-0.15, -0.1) is 0 Å². The number of benzene rings is 4. The van der Waals surface area contributed by atoms with E-state index in [1.807, 2.05) is 64.9 Å². The number of ketones is 1. The maximum atomic E-state index is 11.6. The summed E-state index contributed by atoms with van der Waals surface area (Å²) in [6, 6.07) is 41.3. The minimum absolute atomic E-state index is 0. The van der Waals surface area contributed by atoms with Crippen LogP contribution >= 0.6 is 90.4 Å². The number of aromatic hydroxyl groups is 4. The smallest absolute Gasteiger partial charge is 0.228 e. The molecule has 809 valence electrons. The van der Waals surface area contributed by atoms with Crippen molar-refractivity contribution in [1.82, 2.24) is 4.98 Å². The third kappa shape index (κ3) is 45.9. The van der Waals surface area contributed by atoms with E-state index in [-0.39, 0.29) is 113 Å². The molecule has 0 amide bonds. The summed E-state index contributed by atoms with van der Waals surface area (Å²) in [5.41, 5.74) is 19.5. The standard InChI is InChI=1S/C72H100N6O2.C36H50I4N2O2.C9H13N.C3H3NO.CH4.5CH3.Co/c1-53-47-57(55(21-17-35-75-39-27-61(28-40-75)69(3,4)5)22-18-36-76-41-29-62(30-42-76)70(6,7)8)49-59(67(53)79)51-73-65-25-15-16-26-66(65)74-52-60-50-58(48-54(2)68(60)80)56(23-19-37-77-43-31-63(32-44-77)71(9,10)11)24-20-38-78-45-33-64(34-46-78)72(12,13)14;1-25-19-29(27(9-5-15-37)10-6-16-38)21-31(35(25)43)23-41-33-13-3-4-14-34(33)42-24-32-22-30(20-26(2)36(32)44)28(11-7-17-39)12-8-18-40;1-9(2,3)8-4-6-10-7-5-8;1-3(5)2-4;;;;;;;/h27-34,39-52,55-56,65-66H,15-26,35-38H2,1-14H3;19-24,27-28,33-34,43-44H,3-18H2,1-2H3;4-7H,1-3H3;1H3;1H4;5*1H3;/q+2;;;;;5*-1;/p+2. The van der Waals surface area contributed by atoms with Crippen LogP contribution in [0.15, 0.2) is 191 Å². The van der Waals surface area contributed by atoms with Crippen LogP contribution in [0.5, 0.6) is 23.0 Å². The Morgan fingerprint density at radius 2 is 0.534 bits per heavy atom. The Kier molecular flexibility index (Phi) is 64.0. The van der Waals surface area contributed by atoms with Crippen LogP contribution in [-0.2, 0) is 74.8 Å². The van der Waals surface area contributed by atoms with Crippen molar-refractivity contribution >= 4 is 121 Å². The number of nitriles is 1. The van der Waals surface area contributed by atoms with Gasteiger partial charge in [0, 0.05) is 157 Å². The van der Waals surface area contributed by atoms with E-state index in [2.05, 4.69) is 376 Å². The average molecular weight is 2490 g/mol. The van der Waals surface area contributed by atoms with E-state index in [0.29, 0.717) is 46.7 Å². The molecule has 20 heteroatoms. The summed E-state index contributed by atoms with van der Waals surface area (Å²) in [6.07, 6.45) is 55.6. The van der Waals surface area contributed by atoms with Crippen molar-refractivity contribution in [3.63, 3.8) is 0 Å². The number of hydrogen-bond donors (Lipinski definition) is 4. The zero-order valence-electron chi connectivity index (χ0n) is 93.2. The minimum atomic E-state index is -0.440. The van der Waals surface area contributed by atoms with Gasteiger partial charge in [-0.1, -0.05) is 252 Å². The second-order valence-electron chi connectivity index (χ2n) is 44.2. The Labute approximate surface area is 953 Å². The van der Waals surface area contributed by atoms with Gasteiger partial charge in [0.2, 0.25) is 5.78 Å². The summed E-state index contributed by atoms with van der Waals surface area (Å²) in [5.74, 6) is 2.55. The number of carbonyl (C=O) groups excluding carboxylic acids is 1. The monoisotopic (exact) mass is 2490 g/mol. The van der Waals surface area contributed by atoms with Gasteiger partial charge in [-0.05, 0) is 308 Å². The Morgan fingerprint density at radius 3 is 0.699 bits per heavy atom. The summed E-state index contributed by atoms with van der Waals surface area (Å²) in [5, 5.41) is 52.8. The normalized spacial score (nSPS) is 14.9. The van der Waals surface area contributed by atoms with Crippen molar-refractivity contribution in [3.8, 4) is 29.1 Å². The summed E-state index contributed by atoms with van der Waals surface area (Å²) in [7, 11) is 0. The Balaban J connectivity index is 0.00000135. The van der Waals surface area contributed by atoms with Gasteiger partial charge in [-0.25, -0.2) is 18.3 Å². The zero-order valence-corrected chi connectivity index (χ0v) is 103. The van der Waals surface area contributed by atoms with Gasteiger partial charge in [0.05, 0.1) is 24.2 Å². The first-order valence-corrected chi connectivity index (χ1v) is 57.6. The van der Waals surface area contributed by atoms with Crippen LogP contribution in [0.2, 0.25) is 0 Å². The van der Waals surface area contributed by atoms with Crippen molar-refractivity contribution in [2.24, 2.45) is 20.0 Å². The summed E-state index contributed by atoms with van der Waals surface area (Å²) < 4.78 is 14.0. The molecular weight excluding hydrogens is 2300 g/mol. The van der Waals surface area contributed by atoms with Crippen LogP contribution in [0.1, 0.15) is 391 Å². The summed E-state index contributed by atoms with van der Waals surface area (Å²) in [4.78, 5) is 34.1. The number of halogens is 4. The Morgan fingerprint density at radius 1 is 0.356 bits per heavy atom. The van der Waals surface area contributed by atoms with Crippen molar-refractivity contribution in [2.75, 3.05) is 17.7 Å². The van der Waals surface area contributed by atoms with E-state index in [1.54, 1.807) is 0 Å². The third-order valence-electron chi connectivity index (χ3n) is 27.7. The topological polar surface area (TPSA) is 200 Å². The van der Waals surface area contributed by atoms with Crippen LogP contribution in [0.3, 0.4) is 0 Å². The summed E-state index contributed by atoms with van der Waals surface area (Å²) in [6.45, 7) is 46.9. The number of alkyl halides is 4. The molecule has 2 aliphatic rings. The fraction of sp³-hybridized carbons (Fsp3) is 0.524. The van der Waals surface area contributed by atoms with Crippen LogP contribution in [-0.4, -0.2) is 97.9 Å². The first kappa shape index (κ1) is 137. The Bertz CT molecular complexity index is 4970. The van der Waals surface area contributed by atoms with Gasteiger partial charge in [-0.2, -0.15) is 5.26 Å². The molecule has 2 aliphatic carbocycles. The van der Waals surface area contributed by atoms with E-state index >= 15 is 0 Å². The second-order valence-corrected chi connectivity index (χ2v) is 48.5. The molecule has 4 N–H and O–H groups in total. The van der Waals surface area contributed by atoms with E-state index in [0.717, 1.165) is 173 Å². The number of phenols is 4. The van der Waals surface area contributed by atoms with Gasteiger partial charge < -0.3 is 57.6 Å². The van der Waals surface area contributed by atoms with Crippen LogP contribution in [0.25, 0.3) is 0 Å². The first-order valence-electron chi connectivity index (χ1n) is 51.5. The van der Waals surface area contributed by atoms with Crippen molar-refractivity contribution in [2.45, 2.75) is 401 Å². The molecule has 2 saturated carbocycles. The SMILES string of the molecule is C.CC(=O)C#N.CC(C)(C)c1ccncc1.Cc1cc(C(CCCI)CCCI)cc(C=NC2CCCCC2N=Cc2cc(C(CCCI)CCCI)cc(C)c2O)c1O.Cc1cc(C(CCC[n+]2ccc(C(C)(C)C)cc2)CCC[n+]2ccc(C(C)(C)C)cc2)cc(C=NC2CCCCC2N=Cc2cc(C(CCC[n+]3ccc(C(C)(C)C)cc3)CCC[n+]3ccc(C(C)(C)C)cc3)cc(C)c2O)c1O.[CH3-].[CH3-].[CH3-].[CH3-].[CH3-].[Co]. The fourth-order valence-electron chi connectivity index (χ4n) is 18.8. The number of aliphatic imine (C=N–C) groups is 4. The van der Waals surface area contributed by atoms with Crippen molar-refractivity contribution < 1.29 is 60.3 Å². The molecule has 0 bridgehead atoms. The predicted octanol–water partition coefficient (Wildman–Crippen LogP) is 31.9. The van der Waals surface area contributed by atoms with Gasteiger partial charge >= 0.3 is 0 Å². The van der Waals surface area contributed by atoms with Gasteiger partial charge in [0.1, 0.15) is 55.2 Å². The second kappa shape index (κ2) is 68.2. The number of Topliss-reactive ketones (excluding diaryl/α,β-unsaturated/α-hetero) is 1. The third-order valence-corrected chi connectivity index (χ3v) is 30.7. The molecule has 1 radical (unpaired) electrons. The molecule has 5 heterocycles. The number of carbonyl (C=O) groups is 1. The quantitative estimate of drug-likeness (QED) is 0.00731. The maximum absolute atomic E-state index is 11.6. The number of aromatic nitrogens is 5. The van der Waals surface area contributed by atoms with E-state index < -0.39 is 5.78 Å². The van der Waals surface area contributed by atoms with Gasteiger partial charge in [0.25, 0.3) is 0 Å². The molecular formula is C126H187CoI4N10O5-. The number of aryl methyl sites for hydroxylation is 8. The summed E-state index contributed by atoms with van der Waals surface area (Å²) >= 11 is 9.90. The largest absolute Gasteiger partial charge is 0.507 e. The van der Waals surface area contributed by atoms with E-state index in [1.165, 1.54) is 132 Å². The zero-order chi connectivity index (χ0) is 102. The molecule has 4 aromatic carbocycles. The van der Waals surface area contributed by atoms with Crippen LogP contribution < -0.4 is 18.3 Å². The van der Waals surface area contributed by atoms with Gasteiger partial charge in [-0.3, -0.25) is 29.7 Å². The molecule has 0 saturated heterocycles. The molecule has 0 aliphatic heterocycles. The number of rotatable bonds is 40. The molecule has 4 unspecified atom stereocenters. The number of pyridine rings is 5. The number of hydrogen-bond acceptors (Lipinski definition) is 11. The van der Waals surface area contributed by atoms with Crippen molar-refractivity contribution in [3.05, 3.63) is 303 Å². The molecule has 2 fully saturated rings. The molecule has 9 aromatic rings. The van der Waals surface area contributed by atoms with Crippen molar-refractivity contribution in [1.29, 1.82) is 5.26 Å². The van der Waals surface area contributed by atoms with Gasteiger partial charge in [0.15, 0.2) is 49.6 Å².